The molecule has 3 N–H and O–H groups in total. The zero-order valence-electron chi connectivity index (χ0n) is 15.6. The lowest BCUT2D eigenvalue weighted by Crippen LogP contribution is -2.43. The molecule has 0 saturated carbocycles. The zero-order chi connectivity index (χ0) is 17.6. The van der Waals surface area contributed by atoms with E-state index < -0.39 is 0 Å². The van der Waals surface area contributed by atoms with E-state index >= 15 is 0 Å². The number of imide groups is 1. The first-order valence-electron chi connectivity index (χ1n) is 9.21. The van der Waals surface area contributed by atoms with E-state index in [9.17, 15) is 9.59 Å². The van der Waals surface area contributed by atoms with Crippen LogP contribution >= 0.6 is 24.0 Å². The second-order valence-corrected chi connectivity index (χ2v) is 6.10. The maximum absolute atomic E-state index is 11.5. The first kappa shape index (κ1) is 23.9. The van der Waals surface area contributed by atoms with Crippen LogP contribution in [-0.4, -0.2) is 56.0 Å². The Bertz CT molecular complexity index is 402. The van der Waals surface area contributed by atoms with Crippen LogP contribution in [0.1, 0.15) is 58.3 Å². The van der Waals surface area contributed by atoms with Crippen molar-refractivity contribution in [2.75, 3.05) is 33.2 Å². The molecule has 1 aliphatic heterocycles. The summed E-state index contributed by atoms with van der Waals surface area (Å²) in [7, 11) is 1.72. The van der Waals surface area contributed by atoms with E-state index in [0.29, 0.717) is 19.0 Å². The molecule has 0 radical (unpaired) electrons. The first-order valence-corrected chi connectivity index (χ1v) is 9.21. The van der Waals surface area contributed by atoms with Crippen molar-refractivity contribution < 1.29 is 9.59 Å². The van der Waals surface area contributed by atoms with Crippen molar-refractivity contribution in [1.82, 2.24) is 20.9 Å². The number of nitrogens with zero attached hydrogens (tertiary/aromatic N) is 2. The van der Waals surface area contributed by atoms with Crippen LogP contribution in [0.2, 0.25) is 0 Å². The summed E-state index contributed by atoms with van der Waals surface area (Å²) < 4.78 is 0. The molecule has 0 unspecified atom stereocenters. The van der Waals surface area contributed by atoms with Crippen LogP contribution in [0.5, 0.6) is 0 Å². The number of unbranched alkanes of at least 4 members (excludes halogenated alkanes) is 7. The molecule has 0 aromatic carbocycles. The summed E-state index contributed by atoms with van der Waals surface area (Å²) in [5.74, 6) is 0.536. The van der Waals surface area contributed by atoms with Gasteiger partial charge in [-0.15, -0.1) is 24.0 Å². The number of urea groups is 1. The Kier molecular flexibility index (Phi) is 14.6. The summed E-state index contributed by atoms with van der Waals surface area (Å²) in [5.41, 5.74) is 0. The number of hydrogen-bond donors (Lipinski definition) is 3. The fourth-order valence-corrected chi connectivity index (χ4v) is 2.65. The smallest absolute Gasteiger partial charge is 0.324 e. The molecule has 0 aromatic rings. The predicted molar refractivity (Wildman–Crippen MR) is 113 cm³/mol. The van der Waals surface area contributed by atoms with Gasteiger partial charge in [-0.25, -0.2) is 4.79 Å². The molecule has 0 spiro atoms. The van der Waals surface area contributed by atoms with E-state index in [2.05, 4.69) is 27.9 Å². The average molecular weight is 467 g/mol. The van der Waals surface area contributed by atoms with Gasteiger partial charge in [-0.05, 0) is 6.42 Å². The molecule has 0 aromatic heterocycles. The maximum Gasteiger partial charge on any atom is 0.324 e. The third-order valence-corrected chi connectivity index (χ3v) is 4.11. The van der Waals surface area contributed by atoms with Crippen molar-refractivity contribution in [3.63, 3.8) is 0 Å². The van der Waals surface area contributed by atoms with E-state index in [4.69, 9.17) is 0 Å². The first-order chi connectivity index (χ1) is 11.7. The molecule has 1 aliphatic rings. The van der Waals surface area contributed by atoms with Crippen molar-refractivity contribution in [2.24, 2.45) is 4.99 Å². The maximum atomic E-state index is 11.5. The number of guanidine groups is 1. The van der Waals surface area contributed by atoms with Crippen molar-refractivity contribution in [3.05, 3.63) is 0 Å². The summed E-state index contributed by atoms with van der Waals surface area (Å²) >= 11 is 0. The average Bonchev–Trinajstić information content (AvgIpc) is 2.90. The number of aliphatic imine (C=N–C) groups is 1. The molecule has 0 aliphatic carbocycles. The van der Waals surface area contributed by atoms with Gasteiger partial charge >= 0.3 is 6.03 Å². The molecular weight excluding hydrogens is 433 g/mol. The number of carbonyl (C=O) groups excluding carboxylic acids is 2. The summed E-state index contributed by atoms with van der Waals surface area (Å²) in [4.78, 5) is 28.2. The van der Waals surface area contributed by atoms with Crippen LogP contribution < -0.4 is 16.0 Å². The Morgan fingerprint density at radius 3 is 2.20 bits per heavy atom. The van der Waals surface area contributed by atoms with Gasteiger partial charge in [-0.2, -0.15) is 0 Å². The Hall–Kier alpha value is -1.06. The van der Waals surface area contributed by atoms with E-state index in [0.717, 1.165) is 13.0 Å². The minimum atomic E-state index is -0.316. The summed E-state index contributed by atoms with van der Waals surface area (Å²) in [5, 5.41) is 8.90. The molecule has 146 valence electrons. The minimum absolute atomic E-state index is 0. The molecular formula is C17H34IN5O2. The Labute approximate surface area is 168 Å². The standard InChI is InChI=1S/C17H33N5O2.HI/c1-3-4-5-6-7-8-9-10-11-19-16(18-2)20-12-13-22-15(23)14-21-17(22)24;/h3-14H2,1-2H3,(H,21,24)(H2,18,19,20);1H. The highest BCUT2D eigenvalue weighted by atomic mass is 127. The van der Waals surface area contributed by atoms with Crippen LogP contribution in [0.25, 0.3) is 0 Å². The molecule has 1 fully saturated rings. The number of halogens is 1. The van der Waals surface area contributed by atoms with Gasteiger partial charge in [0, 0.05) is 26.7 Å². The van der Waals surface area contributed by atoms with E-state index in [1.165, 1.54) is 49.8 Å². The molecule has 0 bridgehead atoms. The summed E-state index contributed by atoms with van der Waals surface area (Å²) in [6.45, 7) is 4.08. The molecule has 1 rings (SSSR count). The van der Waals surface area contributed by atoms with Gasteiger partial charge in [0.2, 0.25) is 5.91 Å². The second-order valence-electron chi connectivity index (χ2n) is 6.10. The fourth-order valence-electron chi connectivity index (χ4n) is 2.65. The number of hydrogen-bond acceptors (Lipinski definition) is 3. The highest BCUT2D eigenvalue weighted by Crippen LogP contribution is 2.07. The highest BCUT2D eigenvalue weighted by molar-refractivity contribution is 14.0. The van der Waals surface area contributed by atoms with Crippen molar-refractivity contribution in [2.45, 2.75) is 58.3 Å². The number of amides is 3. The monoisotopic (exact) mass is 467 g/mol. The molecule has 3 amide bonds. The van der Waals surface area contributed by atoms with Gasteiger partial charge < -0.3 is 16.0 Å². The molecule has 7 nitrogen and oxygen atoms in total. The zero-order valence-corrected chi connectivity index (χ0v) is 17.9. The lowest BCUT2D eigenvalue weighted by molar-refractivity contribution is -0.124. The van der Waals surface area contributed by atoms with Crippen LogP contribution in [0.4, 0.5) is 4.79 Å². The summed E-state index contributed by atoms with van der Waals surface area (Å²) in [6, 6.07) is -0.316. The van der Waals surface area contributed by atoms with Crippen molar-refractivity contribution >= 4 is 41.9 Å². The SMILES string of the molecule is CCCCCCCCCCNC(=NC)NCCN1C(=O)CNC1=O.I. The van der Waals surface area contributed by atoms with Gasteiger partial charge in [0.05, 0.1) is 6.54 Å². The van der Waals surface area contributed by atoms with Crippen molar-refractivity contribution in [3.8, 4) is 0 Å². The third kappa shape index (κ3) is 10.5. The lowest BCUT2D eigenvalue weighted by Gasteiger charge is -2.15. The van der Waals surface area contributed by atoms with Gasteiger partial charge in [-0.3, -0.25) is 14.7 Å². The van der Waals surface area contributed by atoms with Gasteiger partial charge in [-0.1, -0.05) is 51.9 Å². The number of nitrogens with one attached hydrogen (secondary N) is 3. The molecule has 1 heterocycles. The third-order valence-electron chi connectivity index (χ3n) is 4.11. The second kappa shape index (κ2) is 15.2. The van der Waals surface area contributed by atoms with Crippen molar-refractivity contribution in [1.29, 1.82) is 0 Å². The van der Waals surface area contributed by atoms with Crippen LogP contribution in [0.3, 0.4) is 0 Å². The topological polar surface area (TPSA) is 85.8 Å². The largest absolute Gasteiger partial charge is 0.356 e. The summed E-state index contributed by atoms with van der Waals surface area (Å²) in [6.07, 6.45) is 10.4. The number of carbonyl (C=O) groups is 2. The molecule has 0 atom stereocenters. The molecule has 1 saturated heterocycles. The van der Waals surface area contributed by atoms with E-state index in [-0.39, 0.29) is 42.5 Å². The Balaban J connectivity index is 0.00000576. The lowest BCUT2D eigenvalue weighted by atomic mass is 10.1. The van der Waals surface area contributed by atoms with Crippen LogP contribution in [0.15, 0.2) is 4.99 Å². The normalized spacial score (nSPS) is 14.3. The predicted octanol–water partition coefficient (Wildman–Crippen LogP) is 2.46. The highest BCUT2D eigenvalue weighted by Gasteiger charge is 2.27. The number of rotatable bonds is 12. The quantitative estimate of drug-likeness (QED) is 0.135. The van der Waals surface area contributed by atoms with Gasteiger partial charge in [0.15, 0.2) is 5.96 Å². The van der Waals surface area contributed by atoms with E-state index in [1.807, 2.05) is 0 Å². The van der Waals surface area contributed by atoms with Gasteiger partial charge in [0.25, 0.3) is 0 Å². The minimum Gasteiger partial charge on any atom is -0.356 e. The van der Waals surface area contributed by atoms with Gasteiger partial charge in [0.1, 0.15) is 0 Å². The van der Waals surface area contributed by atoms with E-state index in [1.54, 1.807) is 7.05 Å². The molecule has 25 heavy (non-hydrogen) atoms. The fraction of sp³-hybridized carbons (Fsp3) is 0.824. The Morgan fingerprint density at radius 1 is 1.04 bits per heavy atom. The molecule has 8 heteroatoms. The van der Waals surface area contributed by atoms with Crippen LogP contribution in [0, 0.1) is 0 Å². The Morgan fingerprint density at radius 2 is 1.64 bits per heavy atom. The van der Waals surface area contributed by atoms with Crippen LogP contribution in [-0.2, 0) is 4.79 Å².